The molecule has 142 valence electrons. The zero-order valence-electron chi connectivity index (χ0n) is 16.1. The summed E-state index contributed by atoms with van der Waals surface area (Å²) >= 11 is 0. The van der Waals surface area contributed by atoms with Crippen molar-refractivity contribution in [1.82, 2.24) is 0 Å². The predicted molar refractivity (Wildman–Crippen MR) is 98.2 cm³/mol. The SMILES string of the molecule is CC(=O)O[C@H]1CC[C@H]2[C@@H]3C=C(CO)C4=CC(=O)CC[C@]4(C)[C@H]3CC[C@]12C. The number of allylic oxidation sites excluding steroid dienone is 2. The highest BCUT2D eigenvalue weighted by atomic mass is 16.5. The quantitative estimate of drug-likeness (QED) is 0.766. The van der Waals surface area contributed by atoms with Crippen LogP contribution in [0.1, 0.15) is 59.3 Å². The van der Waals surface area contributed by atoms with Gasteiger partial charge in [-0.3, -0.25) is 9.59 Å². The normalized spacial score (nSPS) is 44.4. The van der Waals surface area contributed by atoms with Crippen LogP contribution in [0.15, 0.2) is 23.3 Å². The molecular formula is C22H30O4. The molecule has 0 bridgehead atoms. The summed E-state index contributed by atoms with van der Waals surface area (Å²) in [6.45, 7) is 6.09. The fraction of sp³-hybridized carbons (Fsp3) is 0.727. The summed E-state index contributed by atoms with van der Waals surface area (Å²) in [7, 11) is 0. The molecule has 0 aliphatic heterocycles. The Morgan fingerprint density at radius 2 is 2.00 bits per heavy atom. The van der Waals surface area contributed by atoms with Crippen LogP contribution in [0.25, 0.3) is 0 Å². The Balaban J connectivity index is 1.74. The minimum atomic E-state index is -0.183. The van der Waals surface area contributed by atoms with Crippen LogP contribution in [0.2, 0.25) is 0 Å². The zero-order chi connectivity index (χ0) is 18.7. The van der Waals surface area contributed by atoms with E-state index in [1.807, 2.05) is 0 Å². The van der Waals surface area contributed by atoms with Crippen molar-refractivity contribution in [1.29, 1.82) is 0 Å². The number of hydrogen-bond donors (Lipinski definition) is 1. The minimum Gasteiger partial charge on any atom is -0.462 e. The molecule has 2 saturated carbocycles. The molecule has 26 heavy (non-hydrogen) atoms. The lowest BCUT2D eigenvalue weighted by Crippen LogP contribution is -2.51. The van der Waals surface area contributed by atoms with E-state index in [1.54, 1.807) is 6.08 Å². The number of rotatable bonds is 2. The molecule has 0 spiro atoms. The molecule has 0 aromatic rings. The monoisotopic (exact) mass is 358 g/mol. The van der Waals surface area contributed by atoms with E-state index >= 15 is 0 Å². The van der Waals surface area contributed by atoms with Gasteiger partial charge in [0.25, 0.3) is 0 Å². The number of aliphatic hydroxyl groups excluding tert-OH is 1. The van der Waals surface area contributed by atoms with Crippen LogP contribution >= 0.6 is 0 Å². The summed E-state index contributed by atoms with van der Waals surface area (Å²) in [6.07, 6.45) is 9.72. The van der Waals surface area contributed by atoms with E-state index in [0.29, 0.717) is 24.2 Å². The molecule has 4 nitrogen and oxygen atoms in total. The molecular weight excluding hydrogens is 328 g/mol. The summed E-state index contributed by atoms with van der Waals surface area (Å²) in [6, 6.07) is 0. The molecule has 0 radical (unpaired) electrons. The van der Waals surface area contributed by atoms with Crippen molar-refractivity contribution in [3.63, 3.8) is 0 Å². The summed E-state index contributed by atoms with van der Waals surface area (Å²) in [5, 5.41) is 10.0. The molecule has 0 aromatic carbocycles. The highest BCUT2D eigenvalue weighted by Gasteiger charge is 2.59. The Bertz CT molecular complexity index is 705. The minimum absolute atomic E-state index is 0.00523. The Morgan fingerprint density at radius 3 is 2.69 bits per heavy atom. The maximum absolute atomic E-state index is 12.0. The average molecular weight is 358 g/mol. The lowest BCUT2D eigenvalue weighted by molar-refractivity contribution is -0.155. The van der Waals surface area contributed by atoms with Crippen molar-refractivity contribution in [2.75, 3.05) is 6.61 Å². The van der Waals surface area contributed by atoms with E-state index < -0.39 is 0 Å². The van der Waals surface area contributed by atoms with E-state index in [0.717, 1.165) is 43.3 Å². The second-order valence-electron chi connectivity index (χ2n) is 9.30. The lowest BCUT2D eigenvalue weighted by atomic mass is 9.48. The van der Waals surface area contributed by atoms with Crippen molar-refractivity contribution in [2.24, 2.45) is 28.6 Å². The number of carbonyl (C=O) groups excluding carboxylic acids is 2. The molecule has 2 fully saturated rings. The van der Waals surface area contributed by atoms with Crippen molar-refractivity contribution in [3.8, 4) is 0 Å². The number of aliphatic hydroxyl groups is 1. The molecule has 4 aliphatic rings. The van der Waals surface area contributed by atoms with Gasteiger partial charge in [0.1, 0.15) is 6.10 Å². The Morgan fingerprint density at radius 1 is 1.23 bits per heavy atom. The number of esters is 1. The third kappa shape index (κ3) is 2.45. The topological polar surface area (TPSA) is 63.6 Å². The van der Waals surface area contributed by atoms with Gasteiger partial charge in [0.2, 0.25) is 0 Å². The molecule has 4 heteroatoms. The third-order valence-electron chi connectivity index (χ3n) is 8.09. The number of fused-ring (bicyclic) bond motifs is 5. The van der Waals surface area contributed by atoms with Gasteiger partial charge in [-0.15, -0.1) is 0 Å². The fourth-order valence-electron chi connectivity index (χ4n) is 6.74. The second kappa shape index (κ2) is 6.05. The van der Waals surface area contributed by atoms with Gasteiger partial charge in [-0.05, 0) is 72.5 Å². The molecule has 0 aromatic heterocycles. The summed E-state index contributed by atoms with van der Waals surface area (Å²) in [5.74, 6) is 1.38. The smallest absolute Gasteiger partial charge is 0.302 e. The first-order chi connectivity index (χ1) is 12.3. The number of carbonyl (C=O) groups is 2. The molecule has 0 heterocycles. The van der Waals surface area contributed by atoms with Gasteiger partial charge in [-0.1, -0.05) is 19.9 Å². The third-order valence-corrected chi connectivity index (χ3v) is 8.09. The van der Waals surface area contributed by atoms with E-state index in [-0.39, 0.29) is 35.3 Å². The van der Waals surface area contributed by atoms with Gasteiger partial charge < -0.3 is 9.84 Å². The first-order valence-corrected chi connectivity index (χ1v) is 10.0. The lowest BCUT2D eigenvalue weighted by Gasteiger charge is -2.56. The first kappa shape index (κ1) is 18.0. The summed E-state index contributed by atoms with van der Waals surface area (Å²) in [4.78, 5) is 23.6. The van der Waals surface area contributed by atoms with E-state index in [2.05, 4.69) is 19.9 Å². The zero-order valence-corrected chi connectivity index (χ0v) is 16.1. The molecule has 4 rings (SSSR count). The van der Waals surface area contributed by atoms with Crippen LogP contribution in [0.3, 0.4) is 0 Å². The Labute approximate surface area is 155 Å². The van der Waals surface area contributed by atoms with Gasteiger partial charge >= 0.3 is 5.97 Å². The first-order valence-electron chi connectivity index (χ1n) is 10.0. The molecule has 0 unspecified atom stereocenters. The van der Waals surface area contributed by atoms with Crippen LogP contribution in [0.5, 0.6) is 0 Å². The van der Waals surface area contributed by atoms with Crippen molar-refractivity contribution in [2.45, 2.75) is 65.4 Å². The maximum Gasteiger partial charge on any atom is 0.302 e. The number of ketones is 1. The van der Waals surface area contributed by atoms with Crippen LogP contribution in [-0.2, 0) is 14.3 Å². The van der Waals surface area contributed by atoms with Gasteiger partial charge in [-0.25, -0.2) is 0 Å². The van der Waals surface area contributed by atoms with Crippen LogP contribution in [0, 0.1) is 28.6 Å². The summed E-state index contributed by atoms with van der Waals surface area (Å²) in [5.41, 5.74) is 2.02. The molecule has 4 aliphatic carbocycles. The molecule has 1 N–H and O–H groups in total. The van der Waals surface area contributed by atoms with Gasteiger partial charge in [0.15, 0.2) is 5.78 Å². The number of hydrogen-bond acceptors (Lipinski definition) is 4. The van der Waals surface area contributed by atoms with Crippen LogP contribution in [0.4, 0.5) is 0 Å². The van der Waals surface area contributed by atoms with Gasteiger partial charge in [0.05, 0.1) is 6.61 Å². The summed E-state index contributed by atoms with van der Waals surface area (Å²) < 4.78 is 5.70. The van der Waals surface area contributed by atoms with Crippen molar-refractivity contribution < 1.29 is 19.4 Å². The van der Waals surface area contributed by atoms with E-state index in [4.69, 9.17) is 4.74 Å². The van der Waals surface area contributed by atoms with Gasteiger partial charge in [-0.2, -0.15) is 0 Å². The van der Waals surface area contributed by atoms with Crippen LogP contribution < -0.4 is 0 Å². The standard InChI is InChI=1S/C22H30O4/c1-13(24)26-20-5-4-17-16-10-14(12-23)19-11-15(25)6-8-21(19,2)18(16)7-9-22(17,20)3/h10-11,16-18,20,23H,4-9,12H2,1-3H3/t16-,17-,18-,20-,21+,22-/m0/s1. The van der Waals surface area contributed by atoms with Gasteiger partial charge in [0, 0.05) is 18.8 Å². The van der Waals surface area contributed by atoms with Crippen molar-refractivity contribution in [3.05, 3.63) is 23.3 Å². The highest BCUT2D eigenvalue weighted by molar-refractivity contribution is 5.92. The van der Waals surface area contributed by atoms with E-state index in [1.165, 1.54) is 6.92 Å². The van der Waals surface area contributed by atoms with E-state index in [9.17, 15) is 14.7 Å². The largest absolute Gasteiger partial charge is 0.462 e. The van der Waals surface area contributed by atoms with Crippen molar-refractivity contribution >= 4 is 11.8 Å². The fourth-order valence-corrected chi connectivity index (χ4v) is 6.74. The molecule has 0 amide bonds. The molecule has 6 atom stereocenters. The molecule has 0 saturated heterocycles. The highest BCUT2D eigenvalue weighted by Crippen LogP contribution is 2.65. The van der Waals surface area contributed by atoms with Crippen LogP contribution in [-0.4, -0.2) is 29.6 Å². The average Bonchev–Trinajstić information content (AvgIpc) is 2.91. The maximum atomic E-state index is 12.0. The Kier molecular flexibility index (Phi) is 4.18. The predicted octanol–water partition coefficient (Wildman–Crippen LogP) is 3.59. The number of ether oxygens (including phenoxy) is 1. The Hall–Kier alpha value is -1.42. The second-order valence-corrected chi connectivity index (χ2v) is 9.30.